The molecule has 5 aromatic rings. The van der Waals surface area contributed by atoms with Gasteiger partial charge in [-0.15, -0.1) is 5.10 Å². The van der Waals surface area contributed by atoms with E-state index in [1.807, 2.05) is 70.9 Å². The van der Waals surface area contributed by atoms with Crippen molar-refractivity contribution in [1.29, 1.82) is 0 Å². The van der Waals surface area contributed by atoms with Gasteiger partial charge in [-0.25, -0.2) is 9.97 Å². The van der Waals surface area contributed by atoms with Gasteiger partial charge in [-0.2, -0.15) is 0 Å². The summed E-state index contributed by atoms with van der Waals surface area (Å²) in [5.74, 6) is -0.185. The average molecular weight is 515 g/mol. The molecular weight excluding hydrogens is 492 g/mol. The van der Waals surface area contributed by atoms with Gasteiger partial charge in [0.15, 0.2) is 0 Å². The number of nitrogens with one attached hydrogen (secondary N) is 2. The Morgan fingerprint density at radius 2 is 1.97 bits per heavy atom. The lowest BCUT2D eigenvalue weighted by atomic mass is 10.1. The number of aromatic nitrogens is 6. The quantitative estimate of drug-likeness (QED) is 0.374. The molecule has 2 amide bonds. The Balaban J connectivity index is 1.30. The van der Waals surface area contributed by atoms with E-state index in [9.17, 15) is 9.59 Å². The number of carbonyl (C=O) groups is 2. The van der Waals surface area contributed by atoms with Crippen LogP contribution in [0.5, 0.6) is 0 Å². The minimum Gasteiger partial charge on any atom is -0.342 e. The fourth-order valence-corrected chi connectivity index (χ4v) is 4.96. The Hall–Kier alpha value is -4.44. The van der Waals surface area contributed by atoms with Crippen LogP contribution in [0.4, 0.5) is 5.69 Å². The van der Waals surface area contributed by atoms with E-state index in [0.717, 1.165) is 33.4 Å². The number of rotatable bonds is 5. The van der Waals surface area contributed by atoms with E-state index in [0.29, 0.717) is 17.5 Å². The molecule has 0 fully saturated rings. The summed E-state index contributed by atoms with van der Waals surface area (Å²) in [6.45, 7) is 0.245. The molecule has 0 radical (unpaired) electrons. The van der Waals surface area contributed by atoms with Crippen LogP contribution >= 0.6 is 11.6 Å². The number of nitrogens with zero attached hydrogens (tertiary/aromatic N) is 6. The third-order valence-electron chi connectivity index (χ3n) is 6.71. The molecule has 0 spiro atoms. The van der Waals surface area contributed by atoms with Crippen molar-refractivity contribution in [2.45, 2.75) is 19.0 Å². The summed E-state index contributed by atoms with van der Waals surface area (Å²) in [6, 6.07) is 14.8. The van der Waals surface area contributed by atoms with E-state index in [1.54, 1.807) is 18.1 Å². The Morgan fingerprint density at radius 3 is 2.73 bits per heavy atom. The molecule has 0 unspecified atom stereocenters. The summed E-state index contributed by atoms with van der Waals surface area (Å²) in [6.07, 6.45) is 4.21. The molecule has 37 heavy (non-hydrogen) atoms. The topological polar surface area (TPSA) is 114 Å². The van der Waals surface area contributed by atoms with Gasteiger partial charge < -0.3 is 19.4 Å². The van der Waals surface area contributed by atoms with Gasteiger partial charge in [-0.3, -0.25) is 14.7 Å². The molecule has 4 heterocycles. The Morgan fingerprint density at radius 1 is 1.16 bits per heavy atom. The number of imidazole rings is 1. The van der Waals surface area contributed by atoms with Gasteiger partial charge in [0, 0.05) is 37.7 Å². The van der Waals surface area contributed by atoms with E-state index in [1.165, 1.54) is 0 Å². The standard InChI is InChI=1S/C26H23ClN8O2/c1-33-19-10-6-9-16-17(20-12-28-26(27)34(20)2)13-35(22(16)19)14-18(25(33)37)29-24(36)23-30-21(31-32-23)11-15-7-4-3-5-8-15/h3-10,12-13,18H,11,14H2,1-2H3,(H,29,36)(H,30,31,32)/t18-/m0/s1. The number of anilines is 1. The maximum Gasteiger partial charge on any atom is 0.291 e. The molecule has 0 bridgehead atoms. The predicted molar refractivity (Wildman–Crippen MR) is 139 cm³/mol. The van der Waals surface area contributed by atoms with Gasteiger partial charge >= 0.3 is 0 Å². The first-order valence-electron chi connectivity index (χ1n) is 11.7. The van der Waals surface area contributed by atoms with Gasteiger partial charge in [-0.05, 0) is 23.2 Å². The number of amides is 2. The lowest BCUT2D eigenvalue weighted by molar-refractivity contribution is -0.120. The van der Waals surface area contributed by atoms with E-state index in [4.69, 9.17) is 11.6 Å². The number of halogens is 1. The number of aromatic amines is 1. The van der Waals surface area contributed by atoms with Crippen LogP contribution in [0.15, 0.2) is 60.9 Å². The largest absolute Gasteiger partial charge is 0.342 e. The molecule has 2 N–H and O–H groups in total. The lowest BCUT2D eigenvalue weighted by Crippen LogP contribution is -2.48. The van der Waals surface area contributed by atoms with Crippen LogP contribution in [0.1, 0.15) is 22.0 Å². The molecule has 2 aromatic carbocycles. The molecule has 11 heteroatoms. The number of para-hydroxylation sites is 1. The molecule has 0 saturated carbocycles. The van der Waals surface area contributed by atoms with Crippen molar-refractivity contribution in [3.05, 3.63) is 83.4 Å². The fraction of sp³-hybridized carbons (Fsp3) is 0.192. The Labute approximate surface area is 216 Å². The van der Waals surface area contributed by atoms with Gasteiger partial charge in [0.1, 0.15) is 11.9 Å². The zero-order chi connectivity index (χ0) is 25.7. The van der Waals surface area contributed by atoms with Crippen LogP contribution in [0.3, 0.4) is 0 Å². The van der Waals surface area contributed by atoms with E-state index >= 15 is 0 Å². The van der Waals surface area contributed by atoms with Crippen molar-refractivity contribution < 1.29 is 9.59 Å². The molecule has 3 aromatic heterocycles. The van der Waals surface area contributed by atoms with E-state index in [-0.39, 0.29) is 18.3 Å². The summed E-state index contributed by atoms with van der Waals surface area (Å²) in [5, 5.41) is 11.1. The fourth-order valence-electron chi connectivity index (χ4n) is 4.82. The highest BCUT2D eigenvalue weighted by Gasteiger charge is 2.32. The second kappa shape index (κ2) is 8.90. The number of hydrogen-bond acceptors (Lipinski definition) is 5. The highest BCUT2D eigenvalue weighted by Crippen LogP contribution is 2.38. The number of likely N-dealkylation sites (N-methyl/N-ethyl adjacent to an activating group) is 1. The Bertz CT molecular complexity index is 1650. The smallest absolute Gasteiger partial charge is 0.291 e. The molecule has 1 aliphatic heterocycles. The molecule has 1 aliphatic rings. The van der Waals surface area contributed by atoms with Crippen molar-refractivity contribution in [2.24, 2.45) is 7.05 Å². The zero-order valence-electron chi connectivity index (χ0n) is 20.1. The van der Waals surface area contributed by atoms with Gasteiger partial charge in [0.25, 0.3) is 11.8 Å². The van der Waals surface area contributed by atoms with Crippen LogP contribution < -0.4 is 10.2 Å². The van der Waals surface area contributed by atoms with Gasteiger partial charge in [0.2, 0.25) is 11.1 Å². The SMILES string of the molecule is CN1C(=O)[C@@H](NC(=O)c2n[nH]c(Cc3ccccc3)n2)Cn2cc(-c3cnc(Cl)n3C)c3cccc1c32. The Kier molecular flexibility index (Phi) is 5.53. The summed E-state index contributed by atoms with van der Waals surface area (Å²) >= 11 is 6.20. The van der Waals surface area contributed by atoms with Crippen LogP contribution in [0.25, 0.3) is 22.2 Å². The zero-order valence-corrected chi connectivity index (χ0v) is 20.9. The van der Waals surface area contributed by atoms with Crippen molar-refractivity contribution in [3.8, 4) is 11.3 Å². The third kappa shape index (κ3) is 3.95. The maximum atomic E-state index is 13.4. The first-order chi connectivity index (χ1) is 17.9. The van der Waals surface area contributed by atoms with Crippen LogP contribution in [0.2, 0.25) is 5.28 Å². The van der Waals surface area contributed by atoms with Crippen molar-refractivity contribution in [2.75, 3.05) is 11.9 Å². The number of benzene rings is 2. The average Bonchev–Trinajstić information content (AvgIpc) is 3.59. The monoisotopic (exact) mass is 514 g/mol. The predicted octanol–water partition coefficient (Wildman–Crippen LogP) is 3.18. The molecule has 186 valence electrons. The second-order valence-corrected chi connectivity index (χ2v) is 9.37. The van der Waals surface area contributed by atoms with E-state index in [2.05, 4.69) is 25.5 Å². The summed E-state index contributed by atoms with van der Waals surface area (Å²) < 4.78 is 3.80. The van der Waals surface area contributed by atoms with Crippen LogP contribution in [-0.2, 0) is 24.8 Å². The molecule has 0 aliphatic carbocycles. The summed E-state index contributed by atoms with van der Waals surface area (Å²) in [7, 11) is 3.56. The maximum absolute atomic E-state index is 13.4. The van der Waals surface area contributed by atoms with Gasteiger partial charge in [-0.1, -0.05) is 42.5 Å². The highest BCUT2D eigenvalue weighted by atomic mass is 35.5. The third-order valence-corrected chi connectivity index (χ3v) is 7.06. The normalized spacial score (nSPS) is 15.3. The summed E-state index contributed by atoms with van der Waals surface area (Å²) in [5.41, 5.74) is 4.48. The molecule has 1 atom stereocenters. The molecule has 10 nitrogen and oxygen atoms in total. The van der Waals surface area contributed by atoms with E-state index < -0.39 is 11.9 Å². The van der Waals surface area contributed by atoms with Crippen LogP contribution in [0, 0.1) is 0 Å². The highest BCUT2D eigenvalue weighted by molar-refractivity contribution is 6.28. The van der Waals surface area contributed by atoms with Gasteiger partial charge in [0.05, 0.1) is 29.6 Å². The number of carbonyl (C=O) groups excluding carboxylic acids is 2. The van der Waals surface area contributed by atoms with Crippen molar-refractivity contribution >= 4 is 40.0 Å². The molecule has 6 rings (SSSR count). The van der Waals surface area contributed by atoms with Crippen molar-refractivity contribution in [3.63, 3.8) is 0 Å². The first kappa shape index (κ1) is 23.0. The second-order valence-electron chi connectivity index (χ2n) is 9.03. The van der Waals surface area contributed by atoms with Crippen molar-refractivity contribution in [1.82, 2.24) is 34.6 Å². The summed E-state index contributed by atoms with van der Waals surface area (Å²) in [4.78, 5) is 36.6. The van der Waals surface area contributed by atoms with Crippen LogP contribution in [-0.4, -0.2) is 54.2 Å². The lowest BCUT2D eigenvalue weighted by Gasteiger charge is -2.21. The number of hydrogen-bond donors (Lipinski definition) is 2. The first-order valence-corrected chi connectivity index (χ1v) is 12.1. The minimum absolute atomic E-state index is 0.00832. The molecular formula is C26H23ClN8O2. The number of H-pyrrole nitrogens is 1. The minimum atomic E-state index is -0.820. The molecule has 0 saturated heterocycles.